The number of benzene rings is 2. The summed E-state index contributed by atoms with van der Waals surface area (Å²) >= 11 is 1.11. The molecule has 0 amide bonds. The number of allylic oxidation sites excluding steroid dienone is 4. The van der Waals surface area contributed by atoms with E-state index in [2.05, 4.69) is 69.5 Å². The molecule has 0 aromatic heterocycles. The summed E-state index contributed by atoms with van der Waals surface area (Å²) in [4.78, 5) is 6.84. The Bertz CT molecular complexity index is 898. The molecule has 1 aliphatic rings. The van der Waals surface area contributed by atoms with Crippen molar-refractivity contribution in [3.8, 4) is 0 Å². The molecule has 1 heterocycles. The SMILES string of the molecule is CCN1/C(=C/C=C/C=Nc2ccccc2)C(C)(CCCSOOO)c2ccccc21. The fraction of sp³-hybridized carbons (Fsp3) is 0.292. The number of nitrogens with zero attached hydrogens (tertiary/aromatic N) is 2. The molecule has 0 saturated heterocycles. The number of rotatable bonds is 10. The zero-order chi connectivity index (χ0) is 21.2. The van der Waals surface area contributed by atoms with E-state index in [9.17, 15) is 0 Å². The molecular formula is C24H28N2O3S. The molecule has 0 aliphatic carbocycles. The van der Waals surface area contributed by atoms with Gasteiger partial charge in [0, 0.05) is 47.4 Å². The third-order valence-electron chi connectivity index (χ3n) is 5.38. The van der Waals surface area contributed by atoms with Crippen LogP contribution in [-0.2, 0) is 14.8 Å². The lowest BCUT2D eigenvalue weighted by Crippen LogP contribution is -2.28. The molecule has 0 bridgehead atoms. The van der Waals surface area contributed by atoms with Crippen LogP contribution in [-0.4, -0.2) is 23.8 Å². The van der Waals surface area contributed by atoms with Gasteiger partial charge in [-0.2, -0.15) is 0 Å². The van der Waals surface area contributed by atoms with E-state index in [0.717, 1.165) is 42.9 Å². The Morgan fingerprint density at radius 3 is 2.63 bits per heavy atom. The first-order valence-corrected chi connectivity index (χ1v) is 11.0. The van der Waals surface area contributed by atoms with E-state index >= 15 is 0 Å². The van der Waals surface area contributed by atoms with Crippen molar-refractivity contribution in [1.82, 2.24) is 0 Å². The van der Waals surface area contributed by atoms with Crippen LogP contribution in [0.1, 0.15) is 32.3 Å². The molecular weight excluding hydrogens is 396 g/mol. The second-order valence-corrected chi connectivity index (χ2v) is 7.99. The smallest absolute Gasteiger partial charge is 0.0629 e. The van der Waals surface area contributed by atoms with Crippen molar-refractivity contribution < 1.29 is 14.6 Å². The number of hydrogen-bond acceptors (Lipinski definition) is 6. The third-order valence-corrected chi connectivity index (χ3v) is 5.99. The van der Waals surface area contributed by atoms with Gasteiger partial charge < -0.3 is 4.90 Å². The highest BCUT2D eigenvalue weighted by atomic mass is 32.2. The Hall–Kier alpha value is -2.38. The molecule has 2 aromatic rings. The maximum absolute atomic E-state index is 8.30. The molecule has 1 unspecified atom stereocenters. The summed E-state index contributed by atoms with van der Waals surface area (Å²) < 4.78 is 4.52. The number of fused-ring (bicyclic) bond motifs is 1. The van der Waals surface area contributed by atoms with Crippen molar-refractivity contribution in [2.24, 2.45) is 4.99 Å². The van der Waals surface area contributed by atoms with Gasteiger partial charge in [0.2, 0.25) is 0 Å². The van der Waals surface area contributed by atoms with Gasteiger partial charge in [-0.1, -0.05) is 47.5 Å². The average molecular weight is 425 g/mol. The van der Waals surface area contributed by atoms with Gasteiger partial charge >= 0.3 is 0 Å². The Morgan fingerprint density at radius 1 is 1.10 bits per heavy atom. The van der Waals surface area contributed by atoms with Gasteiger partial charge in [0.25, 0.3) is 0 Å². The molecule has 0 spiro atoms. The highest BCUT2D eigenvalue weighted by molar-refractivity contribution is 7.94. The summed E-state index contributed by atoms with van der Waals surface area (Å²) in [6.07, 6.45) is 9.94. The van der Waals surface area contributed by atoms with Gasteiger partial charge in [-0.15, -0.1) is 4.33 Å². The number of hydrogen-bond donors (Lipinski definition) is 1. The number of aliphatic imine (C=N–C) groups is 1. The predicted molar refractivity (Wildman–Crippen MR) is 125 cm³/mol. The third kappa shape index (κ3) is 5.21. The van der Waals surface area contributed by atoms with Crippen molar-refractivity contribution in [1.29, 1.82) is 0 Å². The molecule has 1 atom stereocenters. The quantitative estimate of drug-likeness (QED) is 0.156. The lowest BCUT2D eigenvalue weighted by atomic mass is 9.77. The first kappa shape index (κ1) is 22.3. The molecule has 30 heavy (non-hydrogen) atoms. The Labute approximate surface area is 182 Å². The summed E-state index contributed by atoms with van der Waals surface area (Å²) in [7, 11) is 0. The van der Waals surface area contributed by atoms with E-state index in [1.54, 1.807) is 0 Å². The van der Waals surface area contributed by atoms with Gasteiger partial charge in [0.1, 0.15) is 0 Å². The van der Waals surface area contributed by atoms with Crippen molar-refractivity contribution in [2.75, 3.05) is 17.2 Å². The van der Waals surface area contributed by atoms with Crippen LogP contribution in [0.25, 0.3) is 0 Å². The Kier molecular flexibility index (Phi) is 8.28. The monoisotopic (exact) mass is 424 g/mol. The van der Waals surface area contributed by atoms with E-state index in [-0.39, 0.29) is 5.41 Å². The molecule has 2 aromatic carbocycles. The minimum Gasteiger partial charge on any atom is -0.344 e. The maximum Gasteiger partial charge on any atom is 0.0629 e. The fourth-order valence-electron chi connectivity index (χ4n) is 4.00. The van der Waals surface area contributed by atoms with E-state index in [0.29, 0.717) is 0 Å². The molecule has 0 radical (unpaired) electrons. The zero-order valence-electron chi connectivity index (χ0n) is 17.4. The van der Waals surface area contributed by atoms with E-state index in [1.807, 2.05) is 42.6 Å². The van der Waals surface area contributed by atoms with E-state index in [1.165, 1.54) is 16.9 Å². The molecule has 1 aliphatic heterocycles. The van der Waals surface area contributed by atoms with Gasteiger partial charge in [-0.25, -0.2) is 5.26 Å². The van der Waals surface area contributed by atoms with Crippen LogP contribution < -0.4 is 4.90 Å². The maximum atomic E-state index is 8.30. The topological polar surface area (TPSA) is 54.3 Å². The normalized spacial score (nSPS) is 20.0. The summed E-state index contributed by atoms with van der Waals surface area (Å²) in [5.41, 5.74) is 4.72. The zero-order valence-corrected chi connectivity index (χ0v) is 18.2. The van der Waals surface area contributed by atoms with Crippen LogP contribution in [0.2, 0.25) is 0 Å². The number of likely N-dealkylation sites (N-methyl/N-ethyl adjacent to an activating group) is 1. The highest BCUT2D eigenvalue weighted by Gasteiger charge is 2.42. The molecule has 158 valence electrons. The van der Waals surface area contributed by atoms with Gasteiger partial charge in [0.05, 0.1) is 5.69 Å². The fourth-order valence-corrected chi connectivity index (χ4v) is 4.37. The summed E-state index contributed by atoms with van der Waals surface area (Å²) in [5, 5.41) is 12.0. The van der Waals surface area contributed by atoms with Crippen LogP contribution in [0.4, 0.5) is 11.4 Å². The second-order valence-electron chi connectivity index (χ2n) is 7.21. The minimum absolute atomic E-state index is 0.103. The standard InChI is InChI=1S/C24H28N2O3S/c1-3-26-22-15-8-7-14-21(22)24(2,17-11-19-30-29-28-27)23(26)16-9-10-18-25-20-12-5-4-6-13-20/h4-10,12-16,18,27H,3,11,17,19H2,1-2H3/b10-9+,23-16+,25-18?. The molecule has 1 N–H and O–H groups in total. The Morgan fingerprint density at radius 2 is 1.87 bits per heavy atom. The molecule has 5 nitrogen and oxygen atoms in total. The van der Waals surface area contributed by atoms with Crippen LogP contribution in [0.15, 0.2) is 83.5 Å². The van der Waals surface area contributed by atoms with E-state index in [4.69, 9.17) is 5.26 Å². The first-order valence-electron chi connectivity index (χ1n) is 10.1. The van der Waals surface area contributed by atoms with Crippen LogP contribution in [0.5, 0.6) is 0 Å². The van der Waals surface area contributed by atoms with Gasteiger partial charge in [0.15, 0.2) is 0 Å². The van der Waals surface area contributed by atoms with Crippen LogP contribution in [0.3, 0.4) is 0 Å². The number of anilines is 1. The molecule has 6 heteroatoms. The second kappa shape index (κ2) is 11.1. The van der Waals surface area contributed by atoms with Gasteiger partial charge in [-0.05, 0) is 62.6 Å². The van der Waals surface area contributed by atoms with Crippen LogP contribution in [0, 0.1) is 0 Å². The summed E-state index contributed by atoms with van der Waals surface area (Å²) in [6, 6.07) is 18.5. The van der Waals surface area contributed by atoms with Crippen molar-refractivity contribution >= 4 is 29.6 Å². The van der Waals surface area contributed by atoms with Crippen molar-refractivity contribution in [2.45, 2.75) is 32.1 Å². The first-order chi connectivity index (χ1) is 14.7. The van der Waals surface area contributed by atoms with Crippen LogP contribution >= 0.6 is 12.0 Å². The Balaban J connectivity index is 1.80. The van der Waals surface area contributed by atoms with E-state index < -0.39 is 0 Å². The molecule has 3 rings (SSSR count). The number of para-hydroxylation sites is 2. The summed E-state index contributed by atoms with van der Waals surface area (Å²) in [5.74, 6) is 0.733. The molecule has 0 saturated carbocycles. The van der Waals surface area contributed by atoms with Gasteiger partial charge in [-0.3, -0.25) is 4.99 Å². The highest BCUT2D eigenvalue weighted by Crippen LogP contribution is 2.50. The predicted octanol–water partition coefficient (Wildman–Crippen LogP) is 6.48. The largest absolute Gasteiger partial charge is 0.344 e. The molecule has 0 fully saturated rings. The lowest BCUT2D eigenvalue weighted by molar-refractivity contribution is -0.432. The lowest BCUT2D eigenvalue weighted by Gasteiger charge is -2.29. The minimum atomic E-state index is -0.103. The average Bonchev–Trinajstić information content (AvgIpc) is 3.02. The summed E-state index contributed by atoms with van der Waals surface area (Å²) in [6.45, 7) is 5.38. The van der Waals surface area contributed by atoms with Crippen molar-refractivity contribution in [3.05, 3.63) is 84.1 Å². The van der Waals surface area contributed by atoms with Crippen molar-refractivity contribution in [3.63, 3.8) is 0 Å².